The molecule has 0 amide bonds. The number of hydrogen-bond acceptors (Lipinski definition) is 2. The number of hydrogen-bond donors (Lipinski definition) is 0. The third-order valence-corrected chi connectivity index (χ3v) is 5.73. The first-order valence-electron chi connectivity index (χ1n) is 8.98. The SMILES string of the molecule is c1ccc([C@@H]2CN3O[C@@H]2CC3(c2ccccc2)c2ccccc2)cc1. The molecular weight excluding hydrogens is 306 g/mol. The predicted octanol–water partition coefficient (Wildman–Crippen LogP) is 4.73. The molecule has 2 nitrogen and oxygen atoms in total. The maximum Gasteiger partial charge on any atom is 0.0986 e. The molecule has 0 spiro atoms. The van der Waals surface area contributed by atoms with Gasteiger partial charge in [-0.25, -0.2) is 0 Å². The lowest BCUT2D eigenvalue weighted by atomic mass is 9.73. The first-order valence-corrected chi connectivity index (χ1v) is 8.98. The van der Waals surface area contributed by atoms with Crippen molar-refractivity contribution >= 4 is 0 Å². The van der Waals surface area contributed by atoms with E-state index in [0.717, 1.165) is 13.0 Å². The van der Waals surface area contributed by atoms with Crippen LogP contribution < -0.4 is 0 Å². The molecule has 5 rings (SSSR count). The van der Waals surface area contributed by atoms with Gasteiger partial charge in [0.05, 0.1) is 11.6 Å². The second kappa shape index (κ2) is 5.83. The van der Waals surface area contributed by atoms with E-state index in [0.29, 0.717) is 5.92 Å². The predicted molar refractivity (Wildman–Crippen MR) is 99.0 cm³/mol. The van der Waals surface area contributed by atoms with Gasteiger partial charge >= 0.3 is 0 Å². The molecule has 1 unspecified atom stereocenters. The lowest BCUT2D eigenvalue weighted by Gasteiger charge is -2.40. The zero-order chi connectivity index (χ0) is 16.7. The number of benzene rings is 3. The highest BCUT2D eigenvalue weighted by Gasteiger charge is 2.57. The summed E-state index contributed by atoms with van der Waals surface area (Å²) < 4.78 is 0. The van der Waals surface area contributed by atoms with Gasteiger partial charge in [-0.05, 0) is 16.7 Å². The largest absolute Gasteiger partial charge is 0.294 e. The van der Waals surface area contributed by atoms with Crippen LogP contribution in [-0.2, 0) is 10.4 Å². The molecule has 25 heavy (non-hydrogen) atoms. The Bertz CT molecular complexity index is 808. The van der Waals surface area contributed by atoms with Crippen LogP contribution in [0.5, 0.6) is 0 Å². The number of fused-ring (bicyclic) bond motifs is 2. The van der Waals surface area contributed by atoms with Gasteiger partial charge in [-0.2, -0.15) is 5.06 Å². The lowest BCUT2D eigenvalue weighted by Crippen LogP contribution is -2.44. The van der Waals surface area contributed by atoms with Crippen molar-refractivity contribution in [2.45, 2.75) is 24.0 Å². The van der Waals surface area contributed by atoms with E-state index in [-0.39, 0.29) is 11.6 Å². The van der Waals surface area contributed by atoms with Gasteiger partial charge in [0.1, 0.15) is 0 Å². The van der Waals surface area contributed by atoms with E-state index in [1.54, 1.807) is 0 Å². The molecule has 3 aromatic rings. The topological polar surface area (TPSA) is 12.5 Å². The van der Waals surface area contributed by atoms with Crippen LogP contribution in [0.25, 0.3) is 0 Å². The Kier molecular flexibility index (Phi) is 3.47. The molecule has 2 aliphatic heterocycles. The fourth-order valence-electron chi connectivity index (χ4n) is 4.53. The molecule has 3 atom stereocenters. The molecule has 3 aromatic carbocycles. The van der Waals surface area contributed by atoms with E-state index in [1.807, 2.05) is 0 Å². The fraction of sp³-hybridized carbons (Fsp3) is 0.217. The first kappa shape index (κ1) is 14.9. The van der Waals surface area contributed by atoms with Gasteiger partial charge in [0.15, 0.2) is 0 Å². The maximum absolute atomic E-state index is 6.40. The highest BCUT2D eigenvalue weighted by molar-refractivity contribution is 5.41. The zero-order valence-electron chi connectivity index (χ0n) is 14.1. The van der Waals surface area contributed by atoms with Crippen LogP contribution in [0.4, 0.5) is 0 Å². The molecule has 124 valence electrons. The Balaban J connectivity index is 1.57. The molecule has 0 radical (unpaired) electrons. The summed E-state index contributed by atoms with van der Waals surface area (Å²) in [7, 11) is 0. The summed E-state index contributed by atoms with van der Waals surface area (Å²) in [6.07, 6.45) is 1.21. The molecule has 2 heteroatoms. The van der Waals surface area contributed by atoms with Crippen molar-refractivity contribution in [2.24, 2.45) is 0 Å². The Morgan fingerprint density at radius 2 is 1.24 bits per heavy atom. The number of nitrogens with zero attached hydrogens (tertiary/aromatic N) is 1. The van der Waals surface area contributed by atoms with Gasteiger partial charge in [-0.3, -0.25) is 4.84 Å². The fourth-order valence-corrected chi connectivity index (χ4v) is 4.53. The summed E-state index contributed by atoms with van der Waals surface area (Å²) >= 11 is 0. The molecule has 2 fully saturated rings. The monoisotopic (exact) mass is 327 g/mol. The lowest BCUT2D eigenvalue weighted by molar-refractivity contribution is -0.135. The summed E-state index contributed by atoms with van der Waals surface area (Å²) in [6, 6.07) is 32.4. The molecule has 0 N–H and O–H groups in total. The average molecular weight is 327 g/mol. The molecule has 0 saturated carbocycles. The van der Waals surface area contributed by atoms with E-state index >= 15 is 0 Å². The molecule has 0 aliphatic carbocycles. The average Bonchev–Trinajstić information content (AvgIpc) is 3.29. The van der Waals surface area contributed by atoms with Gasteiger partial charge < -0.3 is 0 Å². The smallest absolute Gasteiger partial charge is 0.0986 e. The third-order valence-electron chi connectivity index (χ3n) is 5.73. The summed E-state index contributed by atoms with van der Waals surface area (Å²) in [5.41, 5.74) is 3.83. The van der Waals surface area contributed by atoms with Crippen LogP contribution in [-0.4, -0.2) is 17.7 Å². The minimum absolute atomic E-state index is 0.182. The summed E-state index contributed by atoms with van der Waals surface area (Å²) in [4.78, 5) is 6.40. The van der Waals surface area contributed by atoms with Crippen LogP contribution in [0.2, 0.25) is 0 Å². The molecule has 2 aliphatic rings. The van der Waals surface area contributed by atoms with Crippen molar-refractivity contribution in [2.75, 3.05) is 6.54 Å². The quantitative estimate of drug-likeness (QED) is 0.689. The first-order chi connectivity index (χ1) is 12.4. The van der Waals surface area contributed by atoms with Crippen LogP contribution in [0.1, 0.15) is 29.0 Å². The normalized spacial score (nSPS) is 26.6. The van der Waals surface area contributed by atoms with Gasteiger partial charge in [0, 0.05) is 18.9 Å². The molecular formula is C23H21NO. The minimum Gasteiger partial charge on any atom is -0.294 e. The Hall–Kier alpha value is -2.42. The molecule has 2 bridgehead atoms. The number of rotatable bonds is 3. The number of hydroxylamine groups is 2. The Morgan fingerprint density at radius 3 is 1.72 bits per heavy atom. The van der Waals surface area contributed by atoms with E-state index in [2.05, 4.69) is 96.1 Å². The second-order valence-corrected chi connectivity index (χ2v) is 7.02. The Morgan fingerprint density at radius 1 is 0.720 bits per heavy atom. The van der Waals surface area contributed by atoms with Crippen molar-refractivity contribution in [1.82, 2.24) is 5.06 Å². The van der Waals surface area contributed by atoms with Gasteiger partial charge in [0.25, 0.3) is 0 Å². The van der Waals surface area contributed by atoms with Crippen LogP contribution in [0.3, 0.4) is 0 Å². The van der Waals surface area contributed by atoms with Gasteiger partial charge in [-0.1, -0.05) is 91.0 Å². The standard InChI is InChI=1S/C23H21NO/c1-4-10-18(11-5-1)21-17-24-23(16-22(21)25-24,19-12-6-2-7-13-19)20-14-8-3-9-15-20/h1-15,21-22H,16-17H2/t21-,22+/m0/s1. The third kappa shape index (κ3) is 2.25. The van der Waals surface area contributed by atoms with E-state index < -0.39 is 0 Å². The highest BCUT2D eigenvalue weighted by atomic mass is 16.7. The maximum atomic E-state index is 6.40. The van der Waals surface area contributed by atoms with Crippen LogP contribution >= 0.6 is 0 Å². The zero-order valence-corrected chi connectivity index (χ0v) is 14.1. The Labute approximate surface area is 148 Å². The molecule has 2 saturated heterocycles. The summed E-state index contributed by atoms with van der Waals surface area (Å²) in [5, 5.41) is 2.24. The van der Waals surface area contributed by atoms with E-state index in [1.165, 1.54) is 16.7 Å². The van der Waals surface area contributed by atoms with Gasteiger partial charge in [-0.15, -0.1) is 0 Å². The highest BCUT2D eigenvalue weighted by Crippen LogP contribution is 2.53. The molecule has 2 heterocycles. The van der Waals surface area contributed by atoms with E-state index in [4.69, 9.17) is 4.84 Å². The van der Waals surface area contributed by atoms with Crippen molar-refractivity contribution in [3.8, 4) is 0 Å². The van der Waals surface area contributed by atoms with Crippen LogP contribution in [0.15, 0.2) is 91.0 Å². The summed E-state index contributed by atoms with van der Waals surface area (Å²) in [5.74, 6) is 0.446. The summed E-state index contributed by atoms with van der Waals surface area (Å²) in [6.45, 7) is 0.929. The minimum atomic E-state index is -0.182. The van der Waals surface area contributed by atoms with Crippen molar-refractivity contribution < 1.29 is 4.84 Å². The van der Waals surface area contributed by atoms with Crippen molar-refractivity contribution in [3.63, 3.8) is 0 Å². The van der Waals surface area contributed by atoms with Gasteiger partial charge in [0.2, 0.25) is 0 Å². The van der Waals surface area contributed by atoms with Crippen LogP contribution in [0, 0.1) is 0 Å². The second-order valence-electron chi connectivity index (χ2n) is 7.02. The van der Waals surface area contributed by atoms with Crippen molar-refractivity contribution in [3.05, 3.63) is 108 Å². The van der Waals surface area contributed by atoms with Crippen molar-refractivity contribution in [1.29, 1.82) is 0 Å². The number of piperidine rings is 1. The van der Waals surface area contributed by atoms with E-state index in [9.17, 15) is 0 Å². The molecule has 0 aromatic heterocycles.